The molecule has 3 N–H and O–H groups in total. The lowest BCUT2D eigenvalue weighted by Crippen LogP contribution is -2.40. The van der Waals surface area contributed by atoms with E-state index in [2.05, 4.69) is 4.57 Å². The summed E-state index contributed by atoms with van der Waals surface area (Å²) >= 11 is 0. The van der Waals surface area contributed by atoms with Gasteiger partial charge in [0.25, 0.3) is 5.91 Å². The molecule has 12 heteroatoms. The lowest BCUT2D eigenvalue weighted by atomic mass is 9.98. The molecule has 0 aliphatic carbocycles. The van der Waals surface area contributed by atoms with Gasteiger partial charge in [-0.1, -0.05) is 72.8 Å². The van der Waals surface area contributed by atoms with E-state index >= 15 is 0 Å². The van der Waals surface area contributed by atoms with Crippen molar-refractivity contribution in [2.24, 2.45) is 5.73 Å². The van der Waals surface area contributed by atoms with Crippen LogP contribution in [0.2, 0.25) is 0 Å². The number of carbonyl (C=O) groups excluding carboxylic acids is 2. The number of amides is 2. The zero-order valence-corrected chi connectivity index (χ0v) is 23.1. The molecule has 1 heterocycles. The lowest BCUT2D eigenvalue weighted by molar-refractivity contribution is -0.0446. The molecule has 0 atom stereocenters. The minimum absolute atomic E-state index is 0.219. The predicted octanol–water partition coefficient (Wildman–Crippen LogP) is 5.91. The Labute approximate surface area is 244 Å². The van der Waals surface area contributed by atoms with E-state index < -0.39 is 27.5 Å². The van der Waals surface area contributed by atoms with E-state index in [1.54, 1.807) is 12.1 Å². The van der Waals surface area contributed by atoms with Crippen molar-refractivity contribution in [3.8, 4) is 5.75 Å². The Kier molecular flexibility index (Phi) is 7.96. The molecule has 0 radical (unpaired) electrons. The third-order valence-electron chi connectivity index (χ3n) is 6.76. The van der Waals surface area contributed by atoms with Crippen LogP contribution < -0.4 is 15.2 Å². The van der Waals surface area contributed by atoms with E-state index in [1.807, 2.05) is 72.9 Å². The molecule has 4 aromatic carbocycles. The second kappa shape index (κ2) is 11.6. The number of ether oxygens (including phenoxy) is 1. The highest BCUT2D eigenvalue weighted by molar-refractivity contribution is 7.90. The maximum Gasteiger partial charge on any atom is 0.516 e. The molecule has 0 fully saturated rings. The number of halogens is 3. The normalized spacial score (nSPS) is 11.9. The second-order valence-electron chi connectivity index (χ2n) is 9.64. The molecule has 0 spiro atoms. The van der Waals surface area contributed by atoms with E-state index in [4.69, 9.17) is 10.5 Å². The van der Waals surface area contributed by atoms with Crippen molar-refractivity contribution in [3.63, 3.8) is 0 Å². The number of alkyl halides is 3. The standard InChI is InChI=1S/C31H24F3N3O5S/c32-31(33,34)43(40,41)36-29(38)23-13-11-20(12-14-23)17-24-19-37(27-16-15-25(18-26(24)27)42-30(35)39)28(21-7-3-1-4-8-21)22-9-5-2-6-10-22/h1-16,18-19,28H,17H2,(H2,35,39)(H,36,38). The number of benzene rings is 4. The number of nitrogens with one attached hydrogen (secondary N) is 1. The summed E-state index contributed by atoms with van der Waals surface area (Å²) in [7, 11) is -5.84. The minimum atomic E-state index is -5.84. The van der Waals surface area contributed by atoms with Crippen LogP contribution in [-0.2, 0) is 16.4 Å². The smallest absolute Gasteiger partial charge is 0.410 e. The first kappa shape index (κ1) is 29.4. The Morgan fingerprint density at radius 3 is 1.98 bits per heavy atom. The molecule has 1 aromatic heterocycles. The van der Waals surface area contributed by atoms with Crippen LogP contribution in [0.25, 0.3) is 10.9 Å². The average molecular weight is 608 g/mol. The topological polar surface area (TPSA) is 120 Å². The van der Waals surface area contributed by atoms with Crippen LogP contribution in [0.4, 0.5) is 18.0 Å². The maximum absolute atomic E-state index is 12.7. The molecule has 0 unspecified atom stereocenters. The highest BCUT2D eigenvalue weighted by Gasteiger charge is 2.47. The summed E-state index contributed by atoms with van der Waals surface area (Å²) in [4.78, 5) is 23.6. The molecule has 2 amide bonds. The van der Waals surface area contributed by atoms with E-state index in [0.717, 1.165) is 32.3 Å². The molecule has 0 aliphatic rings. The third kappa shape index (κ3) is 6.38. The fourth-order valence-corrected chi connectivity index (χ4v) is 5.33. The predicted molar refractivity (Wildman–Crippen MR) is 154 cm³/mol. The number of aromatic nitrogens is 1. The van der Waals surface area contributed by atoms with Crippen LogP contribution in [0, 0.1) is 0 Å². The van der Waals surface area contributed by atoms with Gasteiger partial charge in [-0.2, -0.15) is 21.6 Å². The number of carbonyl (C=O) groups is 2. The number of fused-ring (bicyclic) bond motifs is 1. The molecule has 43 heavy (non-hydrogen) atoms. The fourth-order valence-electron chi connectivity index (χ4n) is 4.86. The fraction of sp³-hybridized carbons (Fsp3) is 0.0968. The summed E-state index contributed by atoms with van der Waals surface area (Å²) in [5.41, 5.74) is 3.75. The average Bonchev–Trinajstić information content (AvgIpc) is 3.30. The summed E-state index contributed by atoms with van der Waals surface area (Å²) in [6.07, 6.45) is 1.33. The molecule has 8 nitrogen and oxygen atoms in total. The molecule has 0 saturated carbocycles. The van der Waals surface area contributed by atoms with Gasteiger partial charge in [-0.3, -0.25) is 4.79 Å². The Morgan fingerprint density at radius 1 is 0.860 bits per heavy atom. The summed E-state index contributed by atoms with van der Waals surface area (Å²) in [5.74, 6) is -1.16. The van der Waals surface area contributed by atoms with Gasteiger partial charge in [-0.05, 0) is 59.0 Å². The quantitative estimate of drug-likeness (QED) is 0.227. The zero-order valence-electron chi connectivity index (χ0n) is 22.3. The van der Waals surface area contributed by atoms with Crippen LogP contribution >= 0.6 is 0 Å². The van der Waals surface area contributed by atoms with Crippen LogP contribution in [0.1, 0.15) is 38.7 Å². The Hall–Kier alpha value is -5.10. The minimum Gasteiger partial charge on any atom is -0.410 e. The van der Waals surface area contributed by atoms with Gasteiger partial charge in [-0.15, -0.1) is 0 Å². The van der Waals surface area contributed by atoms with Crippen molar-refractivity contribution in [2.45, 2.75) is 18.0 Å². The van der Waals surface area contributed by atoms with Gasteiger partial charge < -0.3 is 15.0 Å². The third-order valence-corrected chi connectivity index (χ3v) is 7.82. The van der Waals surface area contributed by atoms with Gasteiger partial charge in [-0.25, -0.2) is 9.52 Å². The maximum atomic E-state index is 12.7. The number of sulfonamides is 1. The molecule has 0 bridgehead atoms. The largest absolute Gasteiger partial charge is 0.516 e. The number of nitrogens with zero attached hydrogens (tertiary/aromatic N) is 1. The van der Waals surface area contributed by atoms with E-state index in [0.29, 0.717) is 12.0 Å². The Balaban J connectivity index is 1.55. The summed E-state index contributed by atoms with van der Waals surface area (Å²) in [5, 5.41) is 0.758. The SMILES string of the molecule is NC(=O)Oc1ccc2c(c1)c(Cc1ccc(C(=O)NS(=O)(=O)C(F)(F)F)cc1)cn2C(c1ccccc1)c1ccccc1. The highest BCUT2D eigenvalue weighted by atomic mass is 32.2. The van der Waals surface area contributed by atoms with Gasteiger partial charge in [0.1, 0.15) is 5.75 Å². The van der Waals surface area contributed by atoms with Crippen molar-refractivity contribution < 1.29 is 35.9 Å². The monoisotopic (exact) mass is 607 g/mol. The van der Waals surface area contributed by atoms with Crippen LogP contribution in [0.15, 0.2) is 109 Å². The van der Waals surface area contributed by atoms with Crippen LogP contribution in [-0.4, -0.2) is 30.5 Å². The molecular weight excluding hydrogens is 583 g/mol. The van der Waals surface area contributed by atoms with Gasteiger partial charge >= 0.3 is 21.6 Å². The molecular formula is C31H24F3N3O5S. The van der Waals surface area contributed by atoms with E-state index in [-0.39, 0.29) is 17.4 Å². The van der Waals surface area contributed by atoms with Gasteiger partial charge in [0, 0.05) is 22.7 Å². The van der Waals surface area contributed by atoms with Crippen LogP contribution in [0.3, 0.4) is 0 Å². The molecule has 0 aliphatic heterocycles. The molecule has 0 saturated heterocycles. The van der Waals surface area contributed by atoms with Gasteiger partial charge in [0.2, 0.25) is 0 Å². The molecule has 5 aromatic rings. The number of hydrogen-bond donors (Lipinski definition) is 2. The zero-order chi connectivity index (χ0) is 30.8. The summed E-state index contributed by atoms with van der Waals surface area (Å²) in [6.45, 7) is 0. The first-order valence-electron chi connectivity index (χ1n) is 12.9. The number of hydrogen-bond acceptors (Lipinski definition) is 5. The first-order chi connectivity index (χ1) is 20.4. The Morgan fingerprint density at radius 2 is 1.44 bits per heavy atom. The van der Waals surface area contributed by atoms with Gasteiger partial charge in [0.15, 0.2) is 0 Å². The van der Waals surface area contributed by atoms with Gasteiger partial charge in [0.05, 0.1) is 6.04 Å². The first-order valence-corrected chi connectivity index (χ1v) is 14.3. The van der Waals surface area contributed by atoms with Crippen molar-refractivity contribution >= 4 is 32.9 Å². The van der Waals surface area contributed by atoms with E-state index in [9.17, 15) is 31.2 Å². The van der Waals surface area contributed by atoms with Crippen molar-refractivity contribution in [1.82, 2.24) is 9.29 Å². The van der Waals surface area contributed by atoms with Crippen molar-refractivity contribution in [3.05, 3.63) is 137 Å². The number of nitrogens with two attached hydrogens (primary N) is 1. The van der Waals surface area contributed by atoms with Crippen molar-refractivity contribution in [2.75, 3.05) is 0 Å². The lowest BCUT2D eigenvalue weighted by Gasteiger charge is -2.21. The number of rotatable bonds is 8. The van der Waals surface area contributed by atoms with E-state index in [1.165, 1.54) is 24.3 Å². The van der Waals surface area contributed by atoms with Crippen molar-refractivity contribution in [1.29, 1.82) is 0 Å². The summed E-state index contributed by atoms with van der Waals surface area (Å²) in [6, 6.07) is 30.2. The molecule has 5 rings (SSSR count). The number of primary amides is 1. The second-order valence-corrected chi connectivity index (χ2v) is 11.3. The molecule has 220 valence electrons. The van der Waals surface area contributed by atoms with Crippen LogP contribution in [0.5, 0.6) is 5.75 Å². The highest BCUT2D eigenvalue weighted by Crippen LogP contribution is 2.35. The Bertz CT molecular complexity index is 1850. The summed E-state index contributed by atoms with van der Waals surface area (Å²) < 4.78 is 68.9.